The molecule has 428 valence electrons. The molecule has 18 aromatic rings. The van der Waals surface area contributed by atoms with Crippen molar-refractivity contribution >= 4 is 103 Å². The van der Waals surface area contributed by atoms with E-state index in [2.05, 4.69) is 371 Å². The number of nitrogens with one attached hydrogen (secondary N) is 1. The highest BCUT2D eigenvalue weighted by molar-refractivity contribution is 9.10. The standard InChI is InChI=1S/C44H29N.C26H17Br.C18H13N/c1-3-13-30(14-4-1)33-25-28-42-40(29-33)35-17-11-12-22-41(35)45(42)34-26-23-32(24-27-34)44-38-20-9-7-18-36(38)43(31-15-5-2-6-16-31)37-19-8-10-21-39(37)44;27-20-16-14-19(15-17-20)26-23-12-6-4-10-21(23)25(18-8-2-1-3-9-18)22-11-5-7-13-24(22)26;1-2-6-13(7-3-1)14-10-11-18-16(12-14)15-8-4-5-9-17(15)19-18/h1-29H;1-17H;1-12,19H. The largest absolute Gasteiger partial charge is 0.355 e. The molecule has 0 spiro atoms. The summed E-state index contributed by atoms with van der Waals surface area (Å²) in [6.07, 6.45) is 0. The predicted octanol–water partition coefficient (Wildman–Crippen LogP) is 25.2. The third-order valence-electron chi connectivity index (χ3n) is 17.9. The first-order chi connectivity index (χ1) is 45.1. The van der Waals surface area contributed by atoms with Gasteiger partial charge in [-0.25, -0.2) is 0 Å². The molecule has 0 saturated carbocycles. The van der Waals surface area contributed by atoms with Crippen molar-refractivity contribution in [2.75, 3.05) is 0 Å². The van der Waals surface area contributed by atoms with E-state index in [0.29, 0.717) is 0 Å². The van der Waals surface area contributed by atoms with Crippen LogP contribution in [0.4, 0.5) is 0 Å². The van der Waals surface area contributed by atoms with Gasteiger partial charge in [0.15, 0.2) is 0 Å². The molecule has 0 saturated heterocycles. The number of benzene rings is 16. The fraction of sp³-hybridized carbons (Fsp3) is 0. The average molecular weight is 1220 g/mol. The molecule has 16 aromatic carbocycles. The summed E-state index contributed by atoms with van der Waals surface area (Å²) >= 11 is 3.56. The van der Waals surface area contributed by atoms with Gasteiger partial charge < -0.3 is 9.55 Å². The Balaban J connectivity index is 0.000000121. The molecule has 0 bridgehead atoms. The van der Waals surface area contributed by atoms with Gasteiger partial charge in [0, 0.05) is 42.7 Å². The number of hydrogen-bond acceptors (Lipinski definition) is 0. The molecule has 2 heterocycles. The summed E-state index contributed by atoms with van der Waals surface area (Å²) in [4.78, 5) is 3.46. The van der Waals surface area contributed by atoms with E-state index in [1.807, 2.05) is 6.07 Å². The Morgan fingerprint density at radius 3 is 0.934 bits per heavy atom. The van der Waals surface area contributed by atoms with Gasteiger partial charge in [0.2, 0.25) is 0 Å². The Kier molecular flexibility index (Phi) is 14.5. The van der Waals surface area contributed by atoms with E-state index in [4.69, 9.17) is 0 Å². The topological polar surface area (TPSA) is 20.7 Å². The number of hydrogen-bond donors (Lipinski definition) is 1. The highest BCUT2D eigenvalue weighted by Gasteiger charge is 2.20. The van der Waals surface area contributed by atoms with Crippen LogP contribution in [0.15, 0.2) is 356 Å². The summed E-state index contributed by atoms with van der Waals surface area (Å²) in [6.45, 7) is 0. The molecule has 0 atom stereocenters. The molecule has 0 aliphatic carbocycles. The Morgan fingerprint density at radius 2 is 0.495 bits per heavy atom. The first-order valence-corrected chi connectivity index (χ1v) is 31.9. The molecular weight excluding hydrogens is 1160 g/mol. The number of rotatable bonds is 7. The Labute approximate surface area is 537 Å². The summed E-state index contributed by atoms with van der Waals surface area (Å²) in [5.74, 6) is 0. The van der Waals surface area contributed by atoms with E-state index in [9.17, 15) is 0 Å². The quantitative estimate of drug-likeness (QED) is 0.154. The number of halogens is 1. The van der Waals surface area contributed by atoms with Gasteiger partial charge in [0.1, 0.15) is 0 Å². The summed E-state index contributed by atoms with van der Waals surface area (Å²) in [7, 11) is 0. The normalized spacial score (nSPS) is 11.4. The van der Waals surface area contributed by atoms with Gasteiger partial charge in [0.05, 0.1) is 11.0 Å². The summed E-state index contributed by atoms with van der Waals surface area (Å²) in [5, 5.41) is 15.4. The first kappa shape index (κ1) is 55.0. The molecule has 0 radical (unpaired) electrons. The van der Waals surface area contributed by atoms with Crippen molar-refractivity contribution in [3.8, 4) is 72.4 Å². The lowest BCUT2D eigenvalue weighted by molar-refractivity contribution is 1.18. The minimum atomic E-state index is 1.10. The van der Waals surface area contributed by atoms with Gasteiger partial charge in [-0.3, -0.25) is 0 Å². The van der Waals surface area contributed by atoms with Crippen LogP contribution < -0.4 is 0 Å². The van der Waals surface area contributed by atoms with Crippen LogP contribution in [0.25, 0.3) is 159 Å². The maximum atomic E-state index is 3.56. The van der Waals surface area contributed by atoms with E-state index in [1.165, 1.54) is 153 Å². The Morgan fingerprint density at radius 1 is 0.198 bits per heavy atom. The lowest BCUT2D eigenvalue weighted by Crippen LogP contribution is -1.94. The zero-order valence-corrected chi connectivity index (χ0v) is 51.4. The second-order valence-electron chi connectivity index (χ2n) is 23.2. The highest BCUT2D eigenvalue weighted by Crippen LogP contribution is 2.46. The fourth-order valence-corrected chi connectivity index (χ4v) is 14.1. The molecule has 0 aliphatic rings. The number of fused-ring (bicyclic) bond motifs is 10. The van der Waals surface area contributed by atoms with E-state index in [0.717, 1.165) is 10.2 Å². The van der Waals surface area contributed by atoms with Crippen LogP contribution in [0, 0.1) is 0 Å². The van der Waals surface area contributed by atoms with Crippen LogP contribution in [0.3, 0.4) is 0 Å². The van der Waals surface area contributed by atoms with Gasteiger partial charge in [-0.1, -0.05) is 307 Å². The van der Waals surface area contributed by atoms with Crippen molar-refractivity contribution in [3.63, 3.8) is 0 Å². The number of nitrogens with zero attached hydrogens (tertiary/aromatic N) is 1. The molecule has 0 amide bonds. The van der Waals surface area contributed by atoms with E-state index in [-0.39, 0.29) is 0 Å². The Bertz CT molecular complexity index is 5560. The lowest BCUT2D eigenvalue weighted by atomic mass is 9.86. The van der Waals surface area contributed by atoms with E-state index < -0.39 is 0 Å². The Hall–Kier alpha value is -11.4. The zero-order valence-electron chi connectivity index (χ0n) is 49.8. The van der Waals surface area contributed by atoms with Crippen LogP contribution in [0.1, 0.15) is 0 Å². The van der Waals surface area contributed by atoms with Crippen molar-refractivity contribution in [3.05, 3.63) is 356 Å². The van der Waals surface area contributed by atoms with E-state index in [1.54, 1.807) is 0 Å². The van der Waals surface area contributed by atoms with Crippen molar-refractivity contribution < 1.29 is 0 Å². The van der Waals surface area contributed by atoms with E-state index >= 15 is 0 Å². The smallest absolute Gasteiger partial charge is 0.0541 e. The molecule has 0 aliphatic heterocycles. The third-order valence-corrected chi connectivity index (χ3v) is 18.5. The molecule has 18 rings (SSSR count). The molecule has 3 heteroatoms. The monoisotopic (exact) mass is 1220 g/mol. The maximum absolute atomic E-state index is 3.56. The van der Waals surface area contributed by atoms with Crippen LogP contribution in [-0.2, 0) is 0 Å². The summed E-state index contributed by atoms with van der Waals surface area (Å²) in [6, 6.07) is 126. The van der Waals surface area contributed by atoms with Crippen LogP contribution in [0.2, 0.25) is 0 Å². The van der Waals surface area contributed by atoms with Gasteiger partial charge >= 0.3 is 0 Å². The van der Waals surface area contributed by atoms with Gasteiger partial charge in [-0.05, 0) is 171 Å². The molecule has 1 N–H and O–H groups in total. The number of aromatic nitrogens is 2. The first-order valence-electron chi connectivity index (χ1n) is 31.1. The number of aromatic amines is 1. The van der Waals surface area contributed by atoms with Crippen molar-refractivity contribution in [1.82, 2.24) is 9.55 Å². The van der Waals surface area contributed by atoms with Crippen LogP contribution >= 0.6 is 15.9 Å². The van der Waals surface area contributed by atoms with Gasteiger partial charge in [-0.15, -0.1) is 0 Å². The molecule has 0 unspecified atom stereocenters. The highest BCUT2D eigenvalue weighted by atomic mass is 79.9. The number of para-hydroxylation sites is 2. The van der Waals surface area contributed by atoms with Crippen LogP contribution in [-0.4, -0.2) is 9.55 Å². The maximum Gasteiger partial charge on any atom is 0.0541 e. The lowest BCUT2D eigenvalue weighted by Gasteiger charge is -2.18. The molecule has 0 fully saturated rings. The van der Waals surface area contributed by atoms with Crippen molar-refractivity contribution in [2.24, 2.45) is 0 Å². The molecular formula is C88H59BrN2. The SMILES string of the molecule is Brc1ccc(-c2c3ccccc3c(-c3ccccc3)c3ccccc23)cc1.c1ccc(-c2ccc3[nH]c4ccccc4c3c2)cc1.c1ccc(-c2ccc3c(c2)c2ccccc2n3-c2ccc(-c3c4ccccc4c(-c4ccccc4)c4ccccc34)cc2)cc1. The minimum absolute atomic E-state index is 1.10. The molecule has 2 nitrogen and oxygen atoms in total. The third kappa shape index (κ3) is 10.2. The van der Waals surface area contributed by atoms with Gasteiger partial charge in [-0.2, -0.15) is 0 Å². The number of H-pyrrole nitrogens is 1. The second kappa shape index (κ2) is 24.0. The molecule has 2 aromatic heterocycles. The van der Waals surface area contributed by atoms with Crippen LogP contribution in [0.5, 0.6) is 0 Å². The zero-order chi connectivity index (χ0) is 60.6. The minimum Gasteiger partial charge on any atom is -0.355 e. The summed E-state index contributed by atoms with van der Waals surface area (Å²) < 4.78 is 3.50. The van der Waals surface area contributed by atoms with Crippen molar-refractivity contribution in [1.29, 1.82) is 0 Å². The summed E-state index contributed by atoms with van der Waals surface area (Å²) in [5.41, 5.74) is 21.1. The second-order valence-corrected chi connectivity index (χ2v) is 24.1. The predicted molar refractivity (Wildman–Crippen MR) is 393 cm³/mol. The van der Waals surface area contributed by atoms with Crippen molar-refractivity contribution in [2.45, 2.75) is 0 Å². The fourth-order valence-electron chi connectivity index (χ4n) is 13.8. The average Bonchev–Trinajstić information content (AvgIpc) is 1.93. The van der Waals surface area contributed by atoms with Gasteiger partial charge in [0.25, 0.3) is 0 Å². The molecule has 91 heavy (non-hydrogen) atoms.